The van der Waals surface area contributed by atoms with E-state index < -0.39 is 0 Å². The van der Waals surface area contributed by atoms with E-state index in [1.807, 2.05) is 6.20 Å². The first kappa shape index (κ1) is 11.1. The van der Waals surface area contributed by atoms with Gasteiger partial charge in [-0.25, -0.2) is 0 Å². The van der Waals surface area contributed by atoms with Gasteiger partial charge >= 0.3 is 0 Å². The molecule has 0 saturated carbocycles. The van der Waals surface area contributed by atoms with Crippen molar-refractivity contribution < 1.29 is 0 Å². The van der Waals surface area contributed by atoms with Crippen molar-refractivity contribution in [3.05, 3.63) is 16.9 Å². The van der Waals surface area contributed by atoms with Gasteiger partial charge < -0.3 is 0 Å². The molecule has 0 aromatic carbocycles. The fourth-order valence-electron chi connectivity index (χ4n) is 2.18. The second kappa shape index (κ2) is 4.66. The molecule has 0 radical (unpaired) electrons. The van der Waals surface area contributed by atoms with Gasteiger partial charge in [0.1, 0.15) is 0 Å². The minimum Gasteiger partial charge on any atom is -0.299 e. The van der Waals surface area contributed by atoms with Gasteiger partial charge in [0.15, 0.2) is 0 Å². The van der Waals surface area contributed by atoms with Gasteiger partial charge in [0.05, 0.1) is 16.7 Å². The van der Waals surface area contributed by atoms with Crippen LogP contribution in [0.5, 0.6) is 0 Å². The number of likely N-dealkylation sites (tertiary alicyclic amines) is 1. The van der Waals surface area contributed by atoms with E-state index in [9.17, 15) is 0 Å². The summed E-state index contributed by atoms with van der Waals surface area (Å²) >= 11 is 3.45. The van der Waals surface area contributed by atoms with Crippen molar-refractivity contribution in [1.82, 2.24) is 14.7 Å². The predicted molar refractivity (Wildman–Crippen MR) is 64.9 cm³/mol. The molecule has 1 aliphatic heterocycles. The highest BCUT2D eigenvalue weighted by Crippen LogP contribution is 2.23. The molecule has 0 aliphatic carbocycles. The first-order chi connectivity index (χ1) is 7.16. The van der Waals surface area contributed by atoms with Crippen LogP contribution in [0.25, 0.3) is 0 Å². The molecule has 1 aromatic rings. The van der Waals surface area contributed by atoms with Gasteiger partial charge in [0.25, 0.3) is 0 Å². The fraction of sp³-hybridized carbons (Fsp3) is 0.727. The average Bonchev–Trinajstić information content (AvgIpc) is 2.65. The second-order valence-corrected chi connectivity index (χ2v) is 5.44. The normalized spacial score (nSPS) is 23.6. The van der Waals surface area contributed by atoms with Crippen molar-refractivity contribution in [2.24, 2.45) is 0 Å². The second-order valence-electron chi connectivity index (χ2n) is 4.52. The van der Waals surface area contributed by atoms with Crippen LogP contribution in [0.2, 0.25) is 0 Å². The largest absolute Gasteiger partial charge is 0.299 e. The third-order valence-electron chi connectivity index (χ3n) is 3.10. The Morgan fingerprint density at radius 2 is 2.33 bits per heavy atom. The van der Waals surface area contributed by atoms with Crippen LogP contribution >= 0.6 is 15.9 Å². The van der Waals surface area contributed by atoms with Crippen molar-refractivity contribution in [1.29, 1.82) is 0 Å². The molecule has 2 heterocycles. The molecule has 15 heavy (non-hydrogen) atoms. The van der Waals surface area contributed by atoms with E-state index in [0.717, 1.165) is 11.0 Å². The van der Waals surface area contributed by atoms with Gasteiger partial charge in [-0.3, -0.25) is 9.58 Å². The van der Waals surface area contributed by atoms with Crippen molar-refractivity contribution in [3.8, 4) is 0 Å². The van der Waals surface area contributed by atoms with E-state index in [2.05, 4.69) is 50.7 Å². The van der Waals surface area contributed by atoms with Crippen LogP contribution in [0.3, 0.4) is 0 Å². The third kappa shape index (κ3) is 2.61. The van der Waals surface area contributed by atoms with Crippen LogP contribution in [0.15, 0.2) is 16.9 Å². The Balaban J connectivity index is 2.04. The van der Waals surface area contributed by atoms with Crippen LogP contribution in [0, 0.1) is 0 Å². The highest BCUT2D eigenvalue weighted by molar-refractivity contribution is 9.10. The fourth-order valence-corrected chi connectivity index (χ4v) is 2.48. The van der Waals surface area contributed by atoms with Crippen LogP contribution in [0.1, 0.15) is 32.7 Å². The van der Waals surface area contributed by atoms with E-state index in [0.29, 0.717) is 12.1 Å². The summed E-state index contributed by atoms with van der Waals surface area (Å²) in [6.07, 6.45) is 6.47. The van der Waals surface area contributed by atoms with Crippen molar-refractivity contribution >= 4 is 15.9 Å². The molecule has 1 aromatic heterocycles. The standard InChI is InChI=1S/C11H18BrN3/c1-9(2)14-5-3-4-11(8-14)15-7-10(12)6-13-15/h6-7,9,11H,3-5,8H2,1-2H3. The van der Waals surface area contributed by atoms with E-state index in [1.165, 1.54) is 19.4 Å². The number of nitrogens with zero attached hydrogens (tertiary/aromatic N) is 3. The Labute approximate surface area is 99.6 Å². The van der Waals surface area contributed by atoms with Gasteiger partial charge in [-0.1, -0.05) is 0 Å². The number of hydrogen-bond donors (Lipinski definition) is 0. The lowest BCUT2D eigenvalue weighted by Crippen LogP contribution is -2.40. The Hall–Kier alpha value is -0.350. The zero-order valence-electron chi connectivity index (χ0n) is 9.36. The average molecular weight is 272 g/mol. The molecule has 1 unspecified atom stereocenters. The van der Waals surface area contributed by atoms with Crippen molar-refractivity contribution in [3.63, 3.8) is 0 Å². The highest BCUT2D eigenvalue weighted by atomic mass is 79.9. The molecule has 2 rings (SSSR count). The smallest absolute Gasteiger partial charge is 0.0647 e. The molecule has 4 heteroatoms. The Morgan fingerprint density at radius 1 is 1.53 bits per heavy atom. The van der Waals surface area contributed by atoms with E-state index >= 15 is 0 Å². The molecule has 0 bridgehead atoms. The van der Waals surface area contributed by atoms with Gasteiger partial charge in [-0.05, 0) is 49.2 Å². The summed E-state index contributed by atoms with van der Waals surface area (Å²) in [7, 11) is 0. The minimum atomic E-state index is 0.549. The number of piperidine rings is 1. The number of rotatable bonds is 2. The molecule has 0 N–H and O–H groups in total. The summed E-state index contributed by atoms with van der Waals surface area (Å²) in [5, 5.41) is 4.38. The molecule has 1 fully saturated rings. The quantitative estimate of drug-likeness (QED) is 0.825. The summed E-state index contributed by atoms with van der Waals surface area (Å²) in [5.41, 5.74) is 0. The molecular formula is C11H18BrN3. The molecular weight excluding hydrogens is 254 g/mol. The van der Waals surface area contributed by atoms with Crippen LogP contribution in [-0.2, 0) is 0 Å². The zero-order chi connectivity index (χ0) is 10.8. The van der Waals surface area contributed by atoms with Gasteiger partial charge in [0.2, 0.25) is 0 Å². The molecule has 84 valence electrons. The maximum Gasteiger partial charge on any atom is 0.0647 e. The molecule has 3 nitrogen and oxygen atoms in total. The van der Waals surface area contributed by atoms with Crippen molar-refractivity contribution in [2.45, 2.75) is 38.8 Å². The molecule has 0 spiro atoms. The molecule has 1 atom stereocenters. The van der Waals surface area contributed by atoms with Gasteiger partial charge in [-0.2, -0.15) is 5.10 Å². The monoisotopic (exact) mass is 271 g/mol. The first-order valence-corrected chi connectivity index (χ1v) is 6.40. The van der Waals surface area contributed by atoms with E-state index in [1.54, 1.807) is 0 Å². The highest BCUT2D eigenvalue weighted by Gasteiger charge is 2.23. The lowest BCUT2D eigenvalue weighted by molar-refractivity contribution is 0.137. The Kier molecular flexibility index (Phi) is 3.46. The Morgan fingerprint density at radius 3 is 2.93 bits per heavy atom. The third-order valence-corrected chi connectivity index (χ3v) is 3.51. The number of aromatic nitrogens is 2. The lowest BCUT2D eigenvalue weighted by atomic mass is 10.0. The van der Waals surface area contributed by atoms with Gasteiger partial charge in [0, 0.05) is 18.8 Å². The maximum absolute atomic E-state index is 4.38. The number of halogens is 1. The van der Waals surface area contributed by atoms with Crippen LogP contribution in [0.4, 0.5) is 0 Å². The van der Waals surface area contributed by atoms with E-state index in [-0.39, 0.29) is 0 Å². The number of hydrogen-bond acceptors (Lipinski definition) is 2. The van der Waals surface area contributed by atoms with Crippen LogP contribution < -0.4 is 0 Å². The zero-order valence-corrected chi connectivity index (χ0v) is 10.9. The summed E-state index contributed by atoms with van der Waals surface area (Å²) in [6.45, 7) is 6.89. The van der Waals surface area contributed by atoms with E-state index in [4.69, 9.17) is 0 Å². The summed E-state index contributed by atoms with van der Waals surface area (Å²) in [5.74, 6) is 0. The molecule has 1 saturated heterocycles. The predicted octanol–water partition coefficient (Wildman–Crippen LogP) is 2.69. The Bertz CT molecular complexity index is 321. The molecule has 0 amide bonds. The summed E-state index contributed by atoms with van der Waals surface area (Å²) in [6, 6.07) is 1.19. The molecule has 1 aliphatic rings. The van der Waals surface area contributed by atoms with Crippen molar-refractivity contribution in [2.75, 3.05) is 13.1 Å². The van der Waals surface area contributed by atoms with Crippen LogP contribution in [-0.4, -0.2) is 33.8 Å². The minimum absolute atomic E-state index is 0.549. The topological polar surface area (TPSA) is 21.1 Å². The van der Waals surface area contributed by atoms with Gasteiger partial charge in [-0.15, -0.1) is 0 Å². The summed E-state index contributed by atoms with van der Waals surface area (Å²) < 4.78 is 3.17. The first-order valence-electron chi connectivity index (χ1n) is 5.60. The SMILES string of the molecule is CC(C)N1CCCC(n2cc(Br)cn2)C1. The maximum atomic E-state index is 4.38. The lowest BCUT2D eigenvalue weighted by Gasteiger charge is -2.35. The summed E-state index contributed by atoms with van der Waals surface area (Å²) in [4.78, 5) is 2.53.